The van der Waals surface area contributed by atoms with Crippen LogP contribution >= 0.6 is 0 Å². The number of hydrogen-bond acceptors (Lipinski definition) is 4. The summed E-state index contributed by atoms with van der Waals surface area (Å²) in [6, 6.07) is 6.33. The van der Waals surface area contributed by atoms with Gasteiger partial charge in [-0.1, -0.05) is 0 Å². The van der Waals surface area contributed by atoms with Crippen LogP contribution in [0.5, 0.6) is 0 Å². The van der Waals surface area contributed by atoms with Crippen molar-refractivity contribution in [3.8, 4) is 0 Å². The molecule has 7 nitrogen and oxygen atoms in total. The summed E-state index contributed by atoms with van der Waals surface area (Å²) >= 11 is 0. The smallest absolute Gasteiger partial charge is 0.286 e. The van der Waals surface area contributed by atoms with E-state index in [4.69, 9.17) is 5.84 Å². The van der Waals surface area contributed by atoms with Gasteiger partial charge < -0.3 is 17.0 Å². The molecule has 2 aromatic rings. The fraction of sp³-hybridized carbons (Fsp3) is 0.111. The van der Waals surface area contributed by atoms with Crippen molar-refractivity contribution in [1.82, 2.24) is 9.78 Å². The summed E-state index contributed by atoms with van der Waals surface area (Å²) in [6.07, 6.45) is 3.10. The first-order valence-corrected chi connectivity index (χ1v) is 4.57. The maximum Gasteiger partial charge on any atom is 0.286 e. The largest absolute Gasteiger partial charge is 1.00 e. The molecule has 1 aromatic heterocycles. The lowest BCUT2D eigenvalue weighted by Gasteiger charge is -1.95. The van der Waals surface area contributed by atoms with Crippen molar-refractivity contribution in [1.29, 1.82) is 0 Å². The Bertz CT molecular complexity index is 510. The van der Waals surface area contributed by atoms with Crippen molar-refractivity contribution in [3.05, 3.63) is 52.6 Å². The molecule has 1 heterocycles. The maximum atomic E-state index is 10.4. The molecule has 0 saturated heterocycles. The van der Waals surface area contributed by atoms with E-state index in [1.54, 1.807) is 23.1 Å². The molecule has 0 aliphatic carbocycles. The van der Waals surface area contributed by atoms with Gasteiger partial charge in [-0.2, -0.15) is 0 Å². The minimum atomic E-state index is -0.425. The minimum Gasteiger partial charge on any atom is -1.00 e. The summed E-state index contributed by atoms with van der Waals surface area (Å²) < 4.78 is 2.98. The van der Waals surface area contributed by atoms with Crippen LogP contribution in [0.3, 0.4) is 0 Å². The second kappa shape index (κ2) is 5.39. The van der Waals surface area contributed by atoms with Gasteiger partial charge in [-0.3, -0.25) is 16.0 Å². The fourth-order valence-corrected chi connectivity index (χ4v) is 1.33. The van der Waals surface area contributed by atoms with E-state index < -0.39 is 4.92 Å². The maximum absolute atomic E-state index is 10.4. The van der Waals surface area contributed by atoms with Crippen LogP contribution in [0.1, 0.15) is 5.56 Å². The van der Waals surface area contributed by atoms with Crippen molar-refractivity contribution >= 4 is 5.69 Å². The SMILES string of the molecule is N[n+]1cnn(Cc2ccc([N+](=O)[O-])cc2)c1.[Br-]. The van der Waals surface area contributed by atoms with Crippen LogP contribution in [0.25, 0.3) is 0 Å². The van der Waals surface area contributed by atoms with Crippen LogP contribution in [-0.4, -0.2) is 14.7 Å². The first kappa shape index (κ1) is 13.1. The molecular formula is C9H10BrN5O2. The van der Waals surface area contributed by atoms with Gasteiger partial charge >= 0.3 is 0 Å². The Balaban J connectivity index is 0.00000144. The fourth-order valence-electron chi connectivity index (χ4n) is 1.33. The second-order valence-electron chi connectivity index (χ2n) is 3.31. The molecule has 90 valence electrons. The average Bonchev–Trinajstić information content (AvgIpc) is 2.65. The second-order valence-corrected chi connectivity index (χ2v) is 3.31. The van der Waals surface area contributed by atoms with Crippen LogP contribution in [0.4, 0.5) is 5.69 Å². The number of nitrogen functional groups attached to an aromatic ring is 1. The van der Waals surface area contributed by atoms with E-state index in [9.17, 15) is 10.1 Å². The van der Waals surface area contributed by atoms with Gasteiger partial charge in [0, 0.05) is 17.2 Å². The first-order chi connectivity index (χ1) is 7.65. The Morgan fingerprint density at radius 1 is 1.41 bits per heavy atom. The molecule has 0 aliphatic rings. The van der Waals surface area contributed by atoms with Gasteiger partial charge in [-0.15, -0.1) is 9.36 Å². The highest BCUT2D eigenvalue weighted by Gasteiger charge is 2.07. The summed E-state index contributed by atoms with van der Waals surface area (Å²) in [4.78, 5) is 10.0. The van der Waals surface area contributed by atoms with Crippen molar-refractivity contribution < 1.29 is 26.6 Å². The van der Waals surface area contributed by atoms with Crippen LogP contribution in [0.2, 0.25) is 0 Å². The summed E-state index contributed by atoms with van der Waals surface area (Å²) in [7, 11) is 0. The van der Waals surface area contributed by atoms with Crippen LogP contribution in [0, 0.1) is 10.1 Å². The van der Waals surface area contributed by atoms with E-state index in [0.717, 1.165) is 5.56 Å². The predicted molar refractivity (Wildman–Crippen MR) is 54.8 cm³/mol. The van der Waals surface area contributed by atoms with E-state index in [2.05, 4.69) is 5.10 Å². The zero-order valence-corrected chi connectivity index (χ0v) is 10.3. The van der Waals surface area contributed by atoms with Crippen molar-refractivity contribution in [2.45, 2.75) is 6.54 Å². The normalized spacial score (nSPS) is 9.65. The van der Waals surface area contributed by atoms with Gasteiger partial charge in [0.15, 0.2) is 0 Å². The Morgan fingerprint density at radius 3 is 2.53 bits per heavy atom. The summed E-state index contributed by atoms with van der Waals surface area (Å²) in [5.74, 6) is 5.44. The van der Waals surface area contributed by atoms with Gasteiger partial charge in [-0.25, -0.2) is 0 Å². The quantitative estimate of drug-likeness (QED) is 0.280. The molecule has 0 radical (unpaired) electrons. The summed E-state index contributed by atoms with van der Waals surface area (Å²) in [5.41, 5.74) is 1.01. The Kier molecular flexibility index (Phi) is 4.16. The minimum absolute atomic E-state index is 0. The third-order valence-corrected chi connectivity index (χ3v) is 2.09. The summed E-state index contributed by atoms with van der Waals surface area (Å²) in [6.45, 7) is 0.530. The molecule has 2 N–H and O–H groups in total. The number of rotatable bonds is 3. The van der Waals surface area contributed by atoms with E-state index in [0.29, 0.717) is 6.54 Å². The third-order valence-electron chi connectivity index (χ3n) is 2.09. The standard InChI is InChI=1S/C9H10N5O2.BrH/c10-12-6-11-13(7-12)5-8-1-3-9(4-2-8)14(15)16;/h1-4,6-7H,5,10H2;1H/q+1;/p-1. The van der Waals surface area contributed by atoms with E-state index in [-0.39, 0.29) is 22.7 Å². The van der Waals surface area contributed by atoms with E-state index in [1.165, 1.54) is 23.1 Å². The number of halogens is 1. The van der Waals surface area contributed by atoms with Crippen LogP contribution in [-0.2, 0) is 6.54 Å². The topological polar surface area (TPSA) is 90.9 Å². The van der Waals surface area contributed by atoms with Crippen molar-refractivity contribution in [2.24, 2.45) is 0 Å². The molecule has 0 spiro atoms. The third kappa shape index (κ3) is 3.25. The number of hydrogen-bond donors (Lipinski definition) is 1. The molecule has 0 bridgehead atoms. The van der Waals surface area contributed by atoms with E-state index >= 15 is 0 Å². The van der Waals surface area contributed by atoms with Gasteiger partial charge in [0.25, 0.3) is 12.0 Å². The zero-order chi connectivity index (χ0) is 11.5. The molecule has 0 unspecified atom stereocenters. The highest BCUT2D eigenvalue weighted by molar-refractivity contribution is 5.32. The van der Waals surface area contributed by atoms with Crippen molar-refractivity contribution in [3.63, 3.8) is 0 Å². The monoisotopic (exact) mass is 299 g/mol. The van der Waals surface area contributed by atoms with Crippen LogP contribution in [0.15, 0.2) is 36.9 Å². The number of nitro groups is 1. The van der Waals surface area contributed by atoms with Crippen molar-refractivity contribution in [2.75, 3.05) is 5.84 Å². The van der Waals surface area contributed by atoms with Crippen LogP contribution < -0.4 is 27.5 Å². The molecule has 0 fully saturated rings. The Labute approximate surface area is 107 Å². The number of nitrogens with two attached hydrogens (primary N) is 1. The Hall–Kier alpha value is -1.96. The highest BCUT2D eigenvalue weighted by atomic mass is 79.9. The average molecular weight is 300 g/mol. The van der Waals surface area contributed by atoms with E-state index in [1.807, 2.05) is 0 Å². The lowest BCUT2D eigenvalue weighted by atomic mass is 10.2. The van der Waals surface area contributed by atoms with Gasteiger partial charge in [0.2, 0.25) is 6.33 Å². The first-order valence-electron chi connectivity index (χ1n) is 4.57. The Morgan fingerprint density at radius 2 is 2.06 bits per heavy atom. The van der Waals surface area contributed by atoms with Gasteiger partial charge in [0.1, 0.15) is 6.54 Å². The lowest BCUT2D eigenvalue weighted by Crippen LogP contribution is -3.00. The predicted octanol–water partition coefficient (Wildman–Crippen LogP) is -3.16. The molecule has 1 aromatic carbocycles. The molecule has 0 atom stereocenters. The highest BCUT2D eigenvalue weighted by Crippen LogP contribution is 2.12. The number of nitro benzene ring substituents is 1. The van der Waals surface area contributed by atoms with Gasteiger partial charge in [-0.05, 0) is 17.7 Å². The number of benzene rings is 1. The number of aromatic nitrogens is 3. The molecule has 8 heteroatoms. The molecule has 0 amide bonds. The lowest BCUT2D eigenvalue weighted by molar-refractivity contribution is -0.639. The van der Waals surface area contributed by atoms with Gasteiger partial charge in [0.05, 0.1) is 4.92 Å². The number of non-ortho nitro benzene ring substituents is 1. The molecular weight excluding hydrogens is 290 g/mol. The molecule has 0 aliphatic heterocycles. The molecule has 0 saturated carbocycles. The molecule has 17 heavy (non-hydrogen) atoms. The zero-order valence-electron chi connectivity index (χ0n) is 8.73. The summed E-state index contributed by atoms with van der Waals surface area (Å²) in [5, 5.41) is 14.4. The molecule has 2 rings (SSSR count). The number of nitrogens with zero attached hydrogens (tertiary/aromatic N) is 4.